The number of rotatable bonds is 4. The Bertz CT molecular complexity index is 823. The topological polar surface area (TPSA) is 57.6 Å². The molecule has 1 N–H and O–H groups in total. The number of nitrogens with zero attached hydrogens (tertiary/aromatic N) is 1. The van der Waals surface area contributed by atoms with Crippen LogP contribution in [0.5, 0.6) is 0 Å². The van der Waals surface area contributed by atoms with Crippen molar-refractivity contribution in [2.75, 3.05) is 0 Å². The van der Waals surface area contributed by atoms with E-state index in [0.717, 1.165) is 32.1 Å². The minimum absolute atomic E-state index is 0.103. The van der Waals surface area contributed by atoms with E-state index in [1.54, 1.807) is 0 Å². The van der Waals surface area contributed by atoms with Crippen LogP contribution in [0.2, 0.25) is 0 Å². The van der Waals surface area contributed by atoms with Crippen LogP contribution in [-0.2, 0) is 9.36 Å². The fourth-order valence-electron chi connectivity index (χ4n) is 8.15. The van der Waals surface area contributed by atoms with E-state index in [-0.39, 0.29) is 28.8 Å². The third kappa shape index (κ3) is 3.57. The summed E-state index contributed by atoms with van der Waals surface area (Å²) in [7, 11) is -2.21. The Morgan fingerprint density at radius 1 is 1.10 bits per heavy atom. The first-order chi connectivity index (χ1) is 14.5. The van der Waals surface area contributed by atoms with Gasteiger partial charge in [-0.3, -0.25) is 4.79 Å². The summed E-state index contributed by atoms with van der Waals surface area (Å²) in [5.41, 5.74) is 1.52. The largest absolute Gasteiger partial charge is 0.541 e. The molecular weight excluding hydrogens is 405 g/mol. The molecule has 2 saturated carbocycles. The second-order valence-electron chi connectivity index (χ2n) is 11.7. The minimum Gasteiger partial charge on any atom is -0.338 e. The van der Waals surface area contributed by atoms with Gasteiger partial charge in [-0.15, -0.1) is 0 Å². The van der Waals surface area contributed by atoms with Gasteiger partial charge in [0.25, 0.3) is 0 Å². The number of amides is 1. The maximum atomic E-state index is 13.7. The van der Waals surface area contributed by atoms with Gasteiger partial charge in [-0.1, -0.05) is 19.9 Å². The van der Waals surface area contributed by atoms with E-state index in [9.17, 15) is 14.3 Å². The summed E-state index contributed by atoms with van der Waals surface area (Å²) in [5, 5.41) is 0.715. The van der Waals surface area contributed by atoms with Gasteiger partial charge in [-0.25, -0.2) is 0 Å². The lowest BCUT2D eigenvalue weighted by Crippen LogP contribution is -2.53. The summed E-state index contributed by atoms with van der Waals surface area (Å²) < 4.78 is 11.7. The van der Waals surface area contributed by atoms with Crippen LogP contribution < -0.4 is 0 Å². The molecule has 7 atom stereocenters. The second-order valence-corrected chi connectivity index (χ2v) is 12.8. The summed E-state index contributed by atoms with van der Waals surface area (Å²) >= 11 is 0. The van der Waals surface area contributed by atoms with E-state index in [1.165, 1.54) is 18.4 Å². The van der Waals surface area contributed by atoms with Crippen molar-refractivity contribution in [2.24, 2.45) is 34.5 Å². The SMILES string of the molecule is CC(C)N(C(=O)[C@H]1CCC2C3CC=C4C=C([P+](=O)O)CC[C@]4(C)C3CC[C@@]21C)C(C)C. The van der Waals surface area contributed by atoms with Crippen molar-refractivity contribution < 1.29 is 14.3 Å². The molecule has 4 rings (SSSR count). The average molecular weight is 447 g/mol. The Kier molecular flexibility index (Phi) is 6.06. The standard InChI is InChI=1S/C26H40NO3P/c1-16(2)27(17(3)4)24(28)23-10-9-21-20-8-7-18-15-19(31(29)30)11-13-25(18,5)22(20)12-14-26(21,23)6/h7,15-17,20-23H,8-14H2,1-6H3/p+1/t20?,21?,22?,23-,25+,26+/m1/s1. The lowest BCUT2D eigenvalue weighted by molar-refractivity contribution is -0.146. The predicted octanol–water partition coefficient (Wildman–Crippen LogP) is 6.44. The van der Waals surface area contributed by atoms with Gasteiger partial charge >= 0.3 is 8.03 Å². The number of hydrogen-bond acceptors (Lipinski definition) is 2. The Morgan fingerprint density at radius 2 is 1.77 bits per heavy atom. The molecule has 0 aromatic heterocycles. The van der Waals surface area contributed by atoms with Crippen LogP contribution >= 0.6 is 8.03 Å². The van der Waals surface area contributed by atoms with Crippen LogP contribution in [0.1, 0.15) is 86.5 Å². The number of carbonyl (C=O) groups excluding carboxylic acids is 1. The van der Waals surface area contributed by atoms with E-state index in [4.69, 9.17) is 0 Å². The number of hydrogen-bond donors (Lipinski definition) is 1. The van der Waals surface area contributed by atoms with Crippen molar-refractivity contribution in [2.45, 2.75) is 98.6 Å². The average Bonchev–Trinajstić information content (AvgIpc) is 3.03. The molecule has 2 fully saturated rings. The summed E-state index contributed by atoms with van der Waals surface area (Å²) in [6.07, 6.45) is 11.7. The van der Waals surface area contributed by atoms with Crippen LogP contribution in [0, 0.1) is 34.5 Å². The van der Waals surface area contributed by atoms with Gasteiger partial charge in [0.2, 0.25) is 11.2 Å². The maximum absolute atomic E-state index is 13.7. The lowest BCUT2D eigenvalue weighted by Gasteiger charge is -2.56. The molecule has 4 nitrogen and oxygen atoms in total. The first-order valence-corrected chi connectivity index (χ1v) is 13.6. The van der Waals surface area contributed by atoms with E-state index >= 15 is 0 Å². The normalized spacial score (nSPS) is 40.0. The first-order valence-electron chi connectivity index (χ1n) is 12.4. The molecule has 4 aliphatic rings. The molecule has 0 saturated heterocycles. The smallest absolute Gasteiger partial charge is 0.338 e. The van der Waals surface area contributed by atoms with Crippen LogP contribution in [0.25, 0.3) is 0 Å². The molecule has 1 amide bonds. The highest BCUT2D eigenvalue weighted by Gasteiger charge is 2.60. The third-order valence-electron chi connectivity index (χ3n) is 9.66. The predicted molar refractivity (Wildman–Crippen MR) is 126 cm³/mol. The summed E-state index contributed by atoms with van der Waals surface area (Å²) in [5.74, 6) is 2.40. The number of allylic oxidation sites excluding steroid dienone is 4. The van der Waals surface area contributed by atoms with Gasteiger partial charge in [0, 0.05) is 24.4 Å². The van der Waals surface area contributed by atoms with E-state index < -0.39 is 8.03 Å². The molecule has 5 heteroatoms. The van der Waals surface area contributed by atoms with Gasteiger partial charge in [0.05, 0.1) is 0 Å². The molecule has 0 bridgehead atoms. The number of fused-ring (bicyclic) bond motifs is 5. The van der Waals surface area contributed by atoms with Gasteiger partial charge in [0.15, 0.2) is 0 Å². The third-order valence-corrected chi connectivity index (χ3v) is 10.5. The quantitative estimate of drug-likeness (QED) is 0.506. The zero-order valence-corrected chi connectivity index (χ0v) is 21.1. The Hall–Kier alpha value is -0.990. The highest BCUT2D eigenvalue weighted by Crippen LogP contribution is 2.66. The van der Waals surface area contributed by atoms with Crippen molar-refractivity contribution in [3.05, 3.63) is 23.0 Å². The van der Waals surface area contributed by atoms with Crippen molar-refractivity contribution in [3.63, 3.8) is 0 Å². The van der Waals surface area contributed by atoms with Crippen LogP contribution in [0.15, 0.2) is 23.0 Å². The molecule has 4 aliphatic carbocycles. The molecule has 0 spiro atoms. The molecule has 172 valence electrons. The van der Waals surface area contributed by atoms with Crippen molar-refractivity contribution in [3.8, 4) is 0 Å². The van der Waals surface area contributed by atoms with Crippen LogP contribution in [-0.4, -0.2) is 27.8 Å². The molecule has 31 heavy (non-hydrogen) atoms. The van der Waals surface area contributed by atoms with Gasteiger partial charge in [-0.2, -0.15) is 4.89 Å². The van der Waals surface area contributed by atoms with Crippen molar-refractivity contribution >= 4 is 13.9 Å². The molecule has 0 heterocycles. The molecule has 0 aromatic rings. The Labute approximate surface area is 189 Å². The highest BCUT2D eigenvalue weighted by molar-refractivity contribution is 7.43. The van der Waals surface area contributed by atoms with Crippen LogP contribution in [0.3, 0.4) is 0 Å². The Balaban J connectivity index is 1.62. The fraction of sp³-hybridized carbons (Fsp3) is 0.808. The monoisotopic (exact) mass is 446 g/mol. The van der Waals surface area contributed by atoms with Crippen molar-refractivity contribution in [1.29, 1.82) is 0 Å². The lowest BCUT2D eigenvalue weighted by atomic mass is 9.48. The van der Waals surface area contributed by atoms with Crippen LogP contribution in [0.4, 0.5) is 0 Å². The van der Waals surface area contributed by atoms with Crippen molar-refractivity contribution in [1.82, 2.24) is 4.90 Å². The fourth-order valence-corrected chi connectivity index (χ4v) is 8.70. The van der Waals surface area contributed by atoms with E-state index in [0.29, 0.717) is 29.0 Å². The highest BCUT2D eigenvalue weighted by atomic mass is 31.1. The minimum atomic E-state index is -2.21. The summed E-state index contributed by atoms with van der Waals surface area (Å²) in [4.78, 5) is 25.4. The maximum Gasteiger partial charge on any atom is 0.541 e. The molecule has 0 aromatic carbocycles. The van der Waals surface area contributed by atoms with Gasteiger partial charge in [-0.05, 0) is 111 Å². The zero-order chi connectivity index (χ0) is 22.7. The van der Waals surface area contributed by atoms with Gasteiger partial charge < -0.3 is 4.90 Å². The Morgan fingerprint density at radius 3 is 2.39 bits per heavy atom. The first kappa shape index (κ1) is 23.2. The molecule has 0 radical (unpaired) electrons. The summed E-state index contributed by atoms with van der Waals surface area (Å²) in [6, 6.07) is 0.485. The second kappa shape index (κ2) is 8.10. The van der Waals surface area contributed by atoms with E-state index in [2.05, 4.69) is 52.5 Å². The number of carbonyl (C=O) groups is 1. The molecule has 0 aliphatic heterocycles. The molecule has 4 unspecified atom stereocenters. The zero-order valence-electron chi connectivity index (χ0n) is 20.2. The summed E-state index contributed by atoms with van der Waals surface area (Å²) in [6.45, 7) is 13.4. The molecular formula is C26H41NO3P+. The van der Waals surface area contributed by atoms with Gasteiger partial charge in [0.1, 0.15) is 0 Å². The van der Waals surface area contributed by atoms with E-state index in [1.807, 2.05) is 6.08 Å².